The molecule has 7 nitrogen and oxygen atoms in total. The fraction of sp³-hybridized carbons (Fsp3) is 0.600. The van der Waals surface area contributed by atoms with Gasteiger partial charge in [-0.05, 0) is 6.42 Å². The maximum atomic E-state index is 11.4. The number of rotatable bonds is 6. The first-order chi connectivity index (χ1) is 8.06. The van der Waals surface area contributed by atoms with Crippen molar-refractivity contribution in [3.63, 3.8) is 0 Å². The van der Waals surface area contributed by atoms with Crippen molar-refractivity contribution in [3.05, 3.63) is 33.1 Å². The molecule has 0 aliphatic heterocycles. The monoisotopic (exact) mass is 244 g/mol. The van der Waals surface area contributed by atoms with Gasteiger partial charge >= 0.3 is 5.69 Å². The lowest BCUT2D eigenvalue weighted by atomic mass is 10.0. The average Bonchev–Trinajstić information content (AvgIpc) is 2.33. The SMILES string of the molecule is COC(CO)(CO)CCn1ccc(=O)[nH]c1=O. The van der Waals surface area contributed by atoms with E-state index in [0.717, 1.165) is 0 Å². The average molecular weight is 244 g/mol. The number of hydrogen-bond acceptors (Lipinski definition) is 5. The molecular formula is C10H16N2O5. The van der Waals surface area contributed by atoms with Crippen molar-refractivity contribution in [2.75, 3.05) is 20.3 Å². The van der Waals surface area contributed by atoms with Crippen LogP contribution in [0.3, 0.4) is 0 Å². The molecule has 1 rings (SSSR count). The number of H-pyrrole nitrogens is 1. The summed E-state index contributed by atoms with van der Waals surface area (Å²) >= 11 is 0. The second-order valence-electron chi connectivity index (χ2n) is 3.76. The molecule has 17 heavy (non-hydrogen) atoms. The number of aryl methyl sites for hydroxylation is 1. The number of nitrogens with one attached hydrogen (secondary N) is 1. The van der Waals surface area contributed by atoms with E-state index < -0.39 is 16.9 Å². The number of aromatic amines is 1. The molecule has 0 atom stereocenters. The summed E-state index contributed by atoms with van der Waals surface area (Å²) in [7, 11) is 1.38. The van der Waals surface area contributed by atoms with Crippen molar-refractivity contribution in [1.29, 1.82) is 0 Å². The Morgan fingerprint density at radius 3 is 2.53 bits per heavy atom. The van der Waals surface area contributed by atoms with E-state index in [4.69, 9.17) is 14.9 Å². The first kappa shape index (κ1) is 13.6. The number of aromatic nitrogens is 2. The normalized spacial score (nSPS) is 11.7. The second-order valence-corrected chi connectivity index (χ2v) is 3.76. The molecule has 0 unspecified atom stereocenters. The van der Waals surface area contributed by atoms with Crippen LogP contribution in [-0.4, -0.2) is 45.7 Å². The van der Waals surface area contributed by atoms with Gasteiger partial charge in [-0.3, -0.25) is 9.78 Å². The van der Waals surface area contributed by atoms with Gasteiger partial charge in [0.15, 0.2) is 0 Å². The molecule has 1 aromatic rings. The first-order valence-corrected chi connectivity index (χ1v) is 5.13. The Morgan fingerprint density at radius 2 is 2.06 bits per heavy atom. The summed E-state index contributed by atoms with van der Waals surface area (Å²) in [5.74, 6) is 0. The predicted molar refractivity (Wildman–Crippen MR) is 59.9 cm³/mol. The second kappa shape index (κ2) is 5.76. The van der Waals surface area contributed by atoms with Crippen LogP contribution in [-0.2, 0) is 11.3 Å². The zero-order chi connectivity index (χ0) is 12.9. The molecule has 0 amide bonds. The van der Waals surface area contributed by atoms with E-state index in [9.17, 15) is 9.59 Å². The quantitative estimate of drug-likeness (QED) is 0.553. The van der Waals surface area contributed by atoms with Crippen LogP contribution >= 0.6 is 0 Å². The molecule has 96 valence electrons. The minimum Gasteiger partial charge on any atom is -0.393 e. The summed E-state index contributed by atoms with van der Waals surface area (Å²) in [6, 6.07) is 1.23. The topological polar surface area (TPSA) is 105 Å². The lowest BCUT2D eigenvalue weighted by molar-refractivity contribution is -0.0921. The fourth-order valence-electron chi connectivity index (χ4n) is 1.38. The van der Waals surface area contributed by atoms with E-state index in [2.05, 4.69) is 4.98 Å². The van der Waals surface area contributed by atoms with Crippen LogP contribution in [0.2, 0.25) is 0 Å². The van der Waals surface area contributed by atoms with E-state index in [-0.39, 0.29) is 26.2 Å². The smallest absolute Gasteiger partial charge is 0.328 e. The molecule has 1 aromatic heterocycles. The van der Waals surface area contributed by atoms with Gasteiger partial charge in [-0.1, -0.05) is 0 Å². The summed E-state index contributed by atoms with van der Waals surface area (Å²) < 4.78 is 6.31. The van der Waals surface area contributed by atoms with Crippen molar-refractivity contribution in [2.45, 2.75) is 18.6 Å². The third-order valence-electron chi connectivity index (χ3n) is 2.71. The molecule has 0 radical (unpaired) electrons. The number of aliphatic hydroxyl groups is 2. The van der Waals surface area contributed by atoms with Crippen molar-refractivity contribution < 1.29 is 14.9 Å². The fourth-order valence-corrected chi connectivity index (χ4v) is 1.38. The molecule has 0 bridgehead atoms. The molecule has 0 aliphatic rings. The molecule has 0 saturated heterocycles. The van der Waals surface area contributed by atoms with E-state index in [1.165, 1.54) is 23.9 Å². The van der Waals surface area contributed by atoms with Crippen LogP contribution in [0.4, 0.5) is 0 Å². The summed E-state index contributed by atoms with van der Waals surface area (Å²) in [4.78, 5) is 24.3. The van der Waals surface area contributed by atoms with Crippen LogP contribution in [0, 0.1) is 0 Å². The van der Waals surface area contributed by atoms with E-state index in [1.807, 2.05) is 0 Å². The maximum Gasteiger partial charge on any atom is 0.328 e. The standard InChI is InChI=1S/C10H16N2O5/c1-17-10(6-13,7-14)3-5-12-4-2-8(15)11-9(12)16/h2,4,13-14H,3,5-7H2,1H3,(H,11,15,16). The van der Waals surface area contributed by atoms with Gasteiger partial charge in [0.25, 0.3) is 5.56 Å². The zero-order valence-corrected chi connectivity index (χ0v) is 9.55. The molecule has 1 heterocycles. The third kappa shape index (κ3) is 3.26. The van der Waals surface area contributed by atoms with Gasteiger partial charge < -0.3 is 19.5 Å². The molecule has 0 aliphatic carbocycles. The van der Waals surface area contributed by atoms with Gasteiger partial charge in [-0.15, -0.1) is 0 Å². The number of ether oxygens (including phenoxy) is 1. The van der Waals surface area contributed by atoms with Crippen LogP contribution in [0.25, 0.3) is 0 Å². The Bertz CT molecular complexity index is 452. The van der Waals surface area contributed by atoms with Crippen molar-refractivity contribution in [1.82, 2.24) is 9.55 Å². The molecule has 0 spiro atoms. The van der Waals surface area contributed by atoms with Crippen LogP contribution in [0.15, 0.2) is 21.9 Å². The molecular weight excluding hydrogens is 228 g/mol. The van der Waals surface area contributed by atoms with E-state index in [1.54, 1.807) is 0 Å². The Balaban J connectivity index is 2.79. The van der Waals surface area contributed by atoms with E-state index in [0.29, 0.717) is 0 Å². The number of hydrogen-bond donors (Lipinski definition) is 3. The lowest BCUT2D eigenvalue weighted by Crippen LogP contribution is -2.42. The largest absolute Gasteiger partial charge is 0.393 e. The van der Waals surface area contributed by atoms with Gasteiger partial charge in [0.05, 0.1) is 13.2 Å². The predicted octanol–water partition coefficient (Wildman–Crippen LogP) is -1.70. The van der Waals surface area contributed by atoms with E-state index >= 15 is 0 Å². The highest BCUT2D eigenvalue weighted by Gasteiger charge is 2.28. The minimum atomic E-state index is -1.07. The molecule has 7 heteroatoms. The third-order valence-corrected chi connectivity index (χ3v) is 2.71. The number of aliphatic hydroxyl groups excluding tert-OH is 2. The Hall–Kier alpha value is -1.44. The molecule has 0 aromatic carbocycles. The van der Waals surface area contributed by atoms with Gasteiger partial charge in [-0.2, -0.15) is 0 Å². The zero-order valence-electron chi connectivity index (χ0n) is 9.55. The molecule has 3 N–H and O–H groups in total. The summed E-state index contributed by atoms with van der Waals surface area (Å²) in [5.41, 5.74) is -2.07. The highest BCUT2D eigenvalue weighted by molar-refractivity contribution is 4.85. The highest BCUT2D eigenvalue weighted by atomic mass is 16.5. The number of nitrogens with zero attached hydrogens (tertiary/aromatic N) is 1. The van der Waals surface area contributed by atoms with Gasteiger partial charge in [0.1, 0.15) is 5.60 Å². The van der Waals surface area contributed by atoms with Crippen molar-refractivity contribution in [3.8, 4) is 0 Å². The minimum absolute atomic E-state index is 0.227. The first-order valence-electron chi connectivity index (χ1n) is 5.13. The van der Waals surface area contributed by atoms with Crippen molar-refractivity contribution >= 4 is 0 Å². The maximum absolute atomic E-state index is 11.4. The van der Waals surface area contributed by atoms with Crippen LogP contribution in [0.1, 0.15) is 6.42 Å². The van der Waals surface area contributed by atoms with Crippen LogP contribution < -0.4 is 11.2 Å². The van der Waals surface area contributed by atoms with Crippen molar-refractivity contribution in [2.24, 2.45) is 0 Å². The molecule has 0 saturated carbocycles. The molecule has 0 fully saturated rings. The Labute approximate surface area is 97.3 Å². The summed E-state index contributed by atoms with van der Waals surface area (Å²) in [6.07, 6.45) is 1.61. The Morgan fingerprint density at radius 1 is 1.41 bits per heavy atom. The number of methoxy groups -OCH3 is 1. The van der Waals surface area contributed by atoms with Crippen LogP contribution in [0.5, 0.6) is 0 Å². The van der Waals surface area contributed by atoms with Gasteiger partial charge in [0, 0.05) is 25.9 Å². The summed E-state index contributed by atoms with van der Waals surface area (Å²) in [6.45, 7) is -0.471. The summed E-state index contributed by atoms with van der Waals surface area (Å²) in [5, 5.41) is 18.3. The Kier molecular flexibility index (Phi) is 4.62. The lowest BCUT2D eigenvalue weighted by Gasteiger charge is -2.28. The van der Waals surface area contributed by atoms with Gasteiger partial charge in [-0.25, -0.2) is 4.79 Å². The van der Waals surface area contributed by atoms with Gasteiger partial charge in [0.2, 0.25) is 0 Å². The highest BCUT2D eigenvalue weighted by Crippen LogP contribution is 2.14.